The van der Waals surface area contributed by atoms with E-state index in [0.29, 0.717) is 17.8 Å². The summed E-state index contributed by atoms with van der Waals surface area (Å²) in [5.74, 6) is -0.0830. The van der Waals surface area contributed by atoms with Crippen LogP contribution in [-0.2, 0) is 0 Å². The van der Waals surface area contributed by atoms with Gasteiger partial charge in [0.1, 0.15) is 0 Å². The van der Waals surface area contributed by atoms with E-state index in [-0.39, 0.29) is 5.91 Å². The first-order valence-corrected chi connectivity index (χ1v) is 6.42. The molecule has 0 aliphatic heterocycles. The molecule has 0 spiro atoms. The van der Waals surface area contributed by atoms with Gasteiger partial charge in [-0.05, 0) is 38.9 Å². The van der Waals surface area contributed by atoms with E-state index in [9.17, 15) is 4.79 Å². The standard InChI is InChI=1S/C14H21N3O/c1-10-3-6-13(15)12(9-10)14(18)16-7-8-17(2)11-4-5-11/h3,6,9,11H,4-5,7-8,15H2,1-2H3,(H,16,18). The normalized spacial score (nSPS) is 14.8. The van der Waals surface area contributed by atoms with Crippen LogP contribution in [0, 0.1) is 6.92 Å². The van der Waals surface area contributed by atoms with Crippen LogP contribution in [0.1, 0.15) is 28.8 Å². The van der Waals surface area contributed by atoms with Crippen molar-refractivity contribution in [2.75, 3.05) is 25.9 Å². The highest BCUT2D eigenvalue weighted by atomic mass is 16.1. The zero-order valence-electron chi connectivity index (χ0n) is 11.1. The van der Waals surface area contributed by atoms with Crippen molar-refractivity contribution in [1.29, 1.82) is 0 Å². The minimum absolute atomic E-state index is 0.0830. The summed E-state index contributed by atoms with van der Waals surface area (Å²) >= 11 is 0. The molecule has 18 heavy (non-hydrogen) atoms. The molecular weight excluding hydrogens is 226 g/mol. The molecule has 0 saturated heterocycles. The summed E-state index contributed by atoms with van der Waals surface area (Å²) in [6.45, 7) is 3.51. The molecule has 1 amide bonds. The van der Waals surface area contributed by atoms with E-state index in [1.807, 2.05) is 19.1 Å². The fraction of sp³-hybridized carbons (Fsp3) is 0.500. The van der Waals surface area contributed by atoms with E-state index >= 15 is 0 Å². The maximum Gasteiger partial charge on any atom is 0.253 e. The van der Waals surface area contributed by atoms with Crippen LogP contribution in [0.15, 0.2) is 18.2 Å². The average molecular weight is 247 g/mol. The molecule has 0 atom stereocenters. The summed E-state index contributed by atoms with van der Waals surface area (Å²) in [7, 11) is 2.10. The maximum absolute atomic E-state index is 12.0. The Morgan fingerprint density at radius 3 is 2.89 bits per heavy atom. The molecule has 1 saturated carbocycles. The van der Waals surface area contributed by atoms with Gasteiger partial charge in [-0.1, -0.05) is 11.6 Å². The van der Waals surface area contributed by atoms with E-state index < -0.39 is 0 Å². The van der Waals surface area contributed by atoms with Gasteiger partial charge in [0.15, 0.2) is 0 Å². The van der Waals surface area contributed by atoms with Crippen LogP contribution in [0.5, 0.6) is 0 Å². The number of hydrogen-bond acceptors (Lipinski definition) is 3. The molecule has 0 heterocycles. The van der Waals surface area contributed by atoms with Crippen LogP contribution >= 0.6 is 0 Å². The second kappa shape index (κ2) is 5.40. The molecule has 1 aromatic rings. The van der Waals surface area contributed by atoms with Crippen LogP contribution in [0.2, 0.25) is 0 Å². The topological polar surface area (TPSA) is 58.4 Å². The van der Waals surface area contributed by atoms with Gasteiger partial charge >= 0.3 is 0 Å². The van der Waals surface area contributed by atoms with Gasteiger partial charge in [0.05, 0.1) is 5.56 Å². The van der Waals surface area contributed by atoms with Crippen molar-refractivity contribution in [3.8, 4) is 0 Å². The highest BCUT2D eigenvalue weighted by Gasteiger charge is 2.25. The monoisotopic (exact) mass is 247 g/mol. The minimum atomic E-state index is -0.0830. The zero-order chi connectivity index (χ0) is 13.1. The SMILES string of the molecule is Cc1ccc(N)c(C(=O)NCCN(C)C2CC2)c1. The van der Waals surface area contributed by atoms with E-state index in [0.717, 1.165) is 18.2 Å². The number of carbonyl (C=O) groups excluding carboxylic acids is 1. The molecule has 4 heteroatoms. The van der Waals surface area contributed by atoms with Crippen molar-refractivity contribution in [2.24, 2.45) is 0 Å². The summed E-state index contributed by atoms with van der Waals surface area (Å²) in [5.41, 5.74) is 7.96. The summed E-state index contributed by atoms with van der Waals surface area (Å²) in [6, 6.07) is 6.24. The Labute approximate surface area is 108 Å². The van der Waals surface area contributed by atoms with Crippen LogP contribution in [0.3, 0.4) is 0 Å². The Kier molecular flexibility index (Phi) is 3.87. The smallest absolute Gasteiger partial charge is 0.253 e. The quantitative estimate of drug-likeness (QED) is 0.773. The Bertz CT molecular complexity index is 441. The molecule has 4 nitrogen and oxygen atoms in total. The lowest BCUT2D eigenvalue weighted by atomic mass is 10.1. The van der Waals surface area contributed by atoms with Crippen LogP contribution in [0.4, 0.5) is 5.69 Å². The van der Waals surface area contributed by atoms with Crippen LogP contribution < -0.4 is 11.1 Å². The molecule has 0 bridgehead atoms. The largest absolute Gasteiger partial charge is 0.398 e. The minimum Gasteiger partial charge on any atom is -0.398 e. The van der Waals surface area contributed by atoms with Gasteiger partial charge in [0.2, 0.25) is 0 Å². The fourth-order valence-corrected chi connectivity index (χ4v) is 2.01. The number of nitrogens with one attached hydrogen (secondary N) is 1. The molecule has 1 aromatic carbocycles. The lowest BCUT2D eigenvalue weighted by Gasteiger charge is -2.16. The second-order valence-electron chi connectivity index (χ2n) is 5.06. The zero-order valence-corrected chi connectivity index (χ0v) is 11.1. The first-order valence-electron chi connectivity index (χ1n) is 6.42. The Balaban J connectivity index is 1.85. The number of rotatable bonds is 5. The van der Waals surface area contributed by atoms with Gasteiger partial charge in [-0.2, -0.15) is 0 Å². The molecule has 2 rings (SSSR count). The van der Waals surface area contributed by atoms with Crippen molar-refractivity contribution < 1.29 is 4.79 Å². The molecule has 1 fully saturated rings. The van der Waals surface area contributed by atoms with Crippen molar-refractivity contribution in [1.82, 2.24) is 10.2 Å². The van der Waals surface area contributed by atoms with Crippen molar-refractivity contribution in [2.45, 2.75) is 25.8 Å². The Hall–Kier alpha value is -1.55. The van der Waals surface area contributed by atoms with Gasteiger partial charge in [0.25, 0.3) is 5.91 Å². The van der Waals surface area contributed by atoms with Crippen LogP contribution in [0.25, 0.3) is 0 Å². The molecule has 3 N–H and O–H groups in total. The van der Waals surface area contributed by atoms with Crippen LogP contribution in [-0.4, -0.2) is 37.0 Å². The Morgan fingerprint density at radius 1 is 1.50 bits per heavy atom. The molecule has 0 aromatic heterocycles. The third-order valence-electron chi connectivity index (χ3n) is 3.37. The number of likely N-dealkylation sites (N-methyl/N-ethyl adjacent to an activating group) is 1. The molecule has 0 unspecified atom stereocenters. The summed E-state index contributed by atoms with van der Waals surface area (Å²) in [4.78, 5) is 14.3. The van der Waals surface area contributed by atoms with Gasteiger partial charge < -0.3 is 16.0 Å². The van der Waals surface area contributed by atoms with E-state index in [1.165, 1.54) is 12.8 Å². The van der Waals surface area contributed by atoms with E-state index in [4.69, 9.17) is 5.73 Å². The predicted octanol–water partition coefficient (Wildman–Crippen LogP) is 1.40. The molecule has 0 radical (unpaired) electrons. The molecule has 1 aliphatic carbocycles. The number of benzene rings is 1. The molecule has 1 aliphatic rings. The van der Waals surface area contributed by atoms with Gasteiger partial charge in [-0.25, -0.2) is 0 Å². The lowest BCUT2D eigenvalue weighted by molar-refractivity contribution is 0.0950. The summed E-state index contributed by atoms with van der Waals surface area (Å²) in [6.07, 6.45) is 2.57. The average Bonchev–Trinajstić information content (AvgIpc) is 3.16. The first kappa shape index (κ1) is 12.9. The molecular formula is C14H21N3O. The number of nitrogens with two attached hydrogens (primary N) is 1. The highest BCUT2D eigenvalue weighted by Crippen LogP contribution is 2.24. The van der Waals surface area contributed by atoms with Gasteiger partial charge in [0, 0.05) is 24.8 Å². The number of amides is 1. The van der Waals surface area contributed by atoms with E-state index in [2.05, 4.69) is 17.3 Å². The van der Waals surface area contributed by atoms with Gasteiger partial charge in [-0.15, -0.1) is 0 Å². The number of nitrogens with zero attached hydrogens (tertiary/aromatic N) is 1. The highest BCUT2D eigenvalue weighted by molar-refractivity contribution is 5.99. The van der Waals surface area contributed by atoms with E-state index in [1.54, 1.807) is 6.07 Å². The predicted molar refractivity (Wildman–Crippen MR) is 73.6 cm³/mol. The van der Waals surface area contributed by atoms with Gasteiger partial charge in [-0.3, -0.25) is 4.79 Å². The third-order valence-corrected chi connectivity index (χ3v) is 3.37. The second-order valence-corrected chi connectivity index (χ2v) is 5.06. The lowest BCUT2D eigenvalue weighted by Crippen LogP contribution is -2.34. The number of aryl methyl sites for hydroxylation is 1. The number of carbonyl (C=O) groups is 1. The summed E-state index contributed by atoms with van der Waals surface area (Å²) in [5, 5.41) is 2.92. The first-order chi connectivity index (χ1) is 8.58. The summed E-state index contributed by atoms with van der Waals surface area (Å²) < 4.78 is 0. The fourth-order valence-electron chi connectivity index (χ4n) is 2.01. The number of nitrogen functional groups attached to an aromatic ring is 1. The number of anilines is 1. The molecule has 98 valence electrons. The van der Waals surface area contributed by atoms with Crippen molar-refractivity contribution >= 4 is 11.6 Å². The Morgan fingerprint density at radius 2 is 2.22 bits per heavy atom. The maximum atomic E-state index is 12.0. The van der Waals surface area contributed by atoms with Crippen molar-refractivity contribution in [3.05, 3.63) is 29.3 Å². The third kappa shape index (κ3) is 3.23. The number of hydrogen-bond donors (Lipinski definition) is 2. The van der Waals surface area contributed by atoms with Crippen molar-refractivity contribution in [3.63, 3.8) is 0 Å².